The van der Waals surface area contributed by atoms with Crippen molar-refractivity contribution in [1.82, 2.24) is 4.98 Å². The molecule has 1 aliphatic rings. The quantitative estimate of drug-likeness (QED) is 0.793. The van der Waals surface area contributed by atoms with Crippen molar-refractivity contribution in [3.8, 4) is 0 Å². The summed E-state index contributed by atoms with van der Waals surface area (Å²) in [7, 11) is 2.10. The number of nitrogens with zero attached hydrogens (tertiary/aromatic N) is 2. The van der Waals surface area contributed by atoms with Crippen molar-refractivity contribution in [3.05, 3.63) is 18.5 Å². The van der Waals surface area contributed by atoms with E-state index < -0.39 is 0 Å². The Kier molecular flexibility index (Phi) is 2.57. The summed E-state index contributed by atoms with van der Waals surface area (Å²) in [4.78, 5) is 6.23. The lowest BCUT2D eigenvalue weighted by molar-refractivity contribution is 0.321. The SMILES string of the molecule is CN(CC1CCC1)c1ccncc1N. The van der Waals surface area contributed by atoms with Crippen molar-refractivity contribution < 1.29 is 0 Å². The van der Waals surface area contributed by atoms with Gasteiger partial charge in [-0.15, -0.1) is 0 Å². The third-order valence-electron chi connectivity index (χ3n) is 3.00. The Hall–Kier alpha value is -1.25. The fourth-order valence-electron chi connectivity index (χ4n) is 1.91. The minimum absolute atomic E-state index is 0.773. The van der Waals surface area contributed by atoms with Gasteiger partial charge in [0.1, 0.15) is 0 Å². The molecular weight excluding hydrogens is 174 g/mol. The van der Waals surface area contributed by atoms with Crippen LogP contribution in [0.15, 0.2) is 18.5 Å². The van der Waals surface area contributed by atoms with Crippen molar-refractivity contribution >= 4 is 11.4 Å². The number of anilines is 2. The van der Waals surface area contributed by atoms with Gasteiger partial charge in [-0.1, -0.05) is 6.42 Å². The predicted molar refractivity (Wildman–Crippen MR) is 59.3 cm³/mol. The lowest BCUT2D eigenvalue weighted by atomic mass is 9.85. The van der Waals surface area contributed by atoms with Crippen LogP contribution < -0.4 is 10.6 Å². The number of aromatic nitrogens is 1. The molecule has 0 aliphatic heterocycles. The largest absolute Gasteiger partial charge is 0.396 e. The summed E-state index contributed by atoms with van der Waals surface area (Å²) in [5, 5.41) is 0. The molecule has 1 aromatic heterocycles. The van der Waals surface area contributed by atoms with Gasteiger partial charge in [-0.05, 0) is 24.8 Å². The molecule has 0 bridgehead atoms. The molecule has 0 aromatic carbocycles. The van der Waals surface area contributed by atoms with Crippen molar-refractivity contribution in [2.24, 2.45) is 5.92 Å². The number of nitrogen functional groups attached to an aromatic ring is 1. The molecule has 0 amide bonds. The van der Waals surface area contributed by atoms with E-state index in [1.165, 1.54) is 19.3 Å². The van der Waals surface area contributed by atoms with Crippen molar-refractivity contribution in [3.63, 3.8) is 0 Å². The summed E-state index contributed by atoms with van der Waals surface area (Å²) in [6, 6.07) is 1.98. The van der Waals surface area contributed by atoms with E-state index >= 15 is 0 Å². The summed E-state index contributed by atoms with van der Waals surface area (Å²) in [5.41, 5.74) is 7.73. The maximum absolute atomic E-state index is 5.85. The van der Waals surface area contributed by atoms with Gasteiger partial charge >= 0.3 is 0 Å². The first-order valence-electron chi connectivity index (χ1n) is 5.18. The second-order valence-corrected chi connectivity index (χ2v) is 4.11. The van der Waals surface area contributed by atoms with Gasteiger partial charge in [0.05, 0.1) is 17.6 Å². The zero-order valence-electron chi connectivity index (χ0n) is 8.61. The van der Waals surface area contributed by atoms with Gasteiger partial charge in [0.15, 0.2) is 0 Å². The van der Waals surface area contributed by atoms with Crippen LogP contribution in [0.1, 0.15) is 19.3 Å². The second kappa shape index (κ2) is 3.86. The molecule has 1 heterocycles. The number of rotatable bonds is 3. The Bertz CT molecular complexity index is 307. The van der Waals surface area contributed by atoms with E-state index in [1.54, 1.807) is 12.4 Å². The van der Waals surface area contributed by atoms with Gasteiger partial charge in [0.25, 0.3) is 0 Å². The number of pyridine rings is 1. The molecular formula is C11H17N3. The standard InChI is InChI=1S/C11H17N3/c1-14(8-9-3-2-4-9)11-5-6-13-7-10(11)12/h5-7,9H,2-4,8,12H2,1H3. The van der Waals surface area contributed by atoms with Crippen LogP contribution in [0.25, 0.3) is 0 Å². The first-order chi connectivity index (χ1) is 6.77. The monoisotopic (exact) mass is 191 g/mol. The van der Waals surface area contributed by atoms with Gasteiger partial charge < -0.3 is 10.6 Å². The first kappa shape index (κ1) is 9.31. The Morgan fingerprint density at radius 2 is 2.36 bits per heavy atom. The van der Waals surface area contributed by atoms with E-state index in [0.29, 0.717) is 0 Å². The average Bonchev–Trinajstić information content (AvgIpc) is 2.12. The maximum Gasteiger partial charge on any atom is 0.0738 e. The topological polar surface area (TPSA) is 42.2 Å². The normalized spacial score (nSPS) is 16.4. The molecule has 3 heteroatoms. The Morgan fingerprint density at radius 1 is 1.57 bits per heavy atom. The summed E-state index contributed by atoms with van der Waals surface area (Å²) >= 11 is 0. The number of hydrogen-bond acceptors (Lipinski definition) is 3. The van der Waals surface area contributed by atoms with Gasteiger partial charge in [-0.3, -0.25) is 4.98 Å². The minimum Gasteiger partial charge on any atom is -0.396 e. The smallest absolute Gasteiger partial charge is 0.0738 e. The van der Waals surface area contributed by atoms with Crippen LogP contribution in [0.5, 0.6) is 0 Å². The highest BCUT2D eigenvalue weighted by Gasteiger charge is 2.19. The molecule has 0 atom stereocenters. The molecule has 14 heavy (non-hydrogen) atoms. The Balaban J connectivity index is 2.02. The average molecular weight is 191 g/mol. The number of nitrogens with two attached hydrogens (primary N) is 1. The van der Waals surface area contributed by atoms with Gasteiger partial charge in [0.2, 0.25) is 0 Å². The minimum atomic E-state index is 0.773. The summed E-state index contributed by atoms with van der Waals surface area (Å²) < 4.78 is 0. The highest BCUT2D eigenvalue weighted by atomic mass is 15.1. The molecule has 0 radical (unpaired) electrons. The van der Waals surface area contributed by atoms with E-state index in [0.717, 1.165) is 23.8 Å². The van der Waals surface area contributed by atoms with Crippen LogP contribution in [0.4, 0.5) is 11.4 Å². The van der Waals surface area contributed by atoms with E-state index in [9.17, 15) is 0 Å². The van der Waals surface area contributed by atoms with Crippen LogP contribution in [0, 0.1) is 5.92 Å². The predicted octanol–water partition coefficient (Wildman–Crippen LogP) is 1.90. The molecule has 2 N–H and O–H groups in total. The molecule has 0 spiro atoms. The molecule has 0 saturated heterocycles. The number of hydrogen-bond donors (Lipinski definition) is 1. The molecule has 0 unspecified atom stereocenters. The van der Waals surface area contributed by atoms with Gasteiger partial charge in [0, 0.05) is 19.8 Å². The molecule has 3 nitrogen and oxygen atoms in total. The molecule has 2 rings (SSSR count). The highest BCUT2D eigenvalue weighted by molar-refractivity contribution is 5.65. The van der Waals surface area contributed by atoms with Crippen molar-refractivity contribution in [2.45, 2.75) is 19.3 Å². The highest BCUT2D eigenvalue weighted by Crippen LogP contribution is 2.29. The van der Waals surface area contributed by atoms with Crippen molar-refractivity contribution in [2.75, 3.05) is 24.2 Å². The van der Waals surface area contributed by atoms with Crippen LogP contribution in [0.3, 0.4) is 0 Å². The second-order valence-electron chi connectivity index (χ2n) is 4.11. The molecule has 1 fully saturated rings. The van der Waals surface area contributed by atoms with Crippen LogP contribution >= 0.6 is 0 Å². The van der Waals surface area contributed by atoms with Gasteiger partial charge in [-0.2, -0.15) is 0 Å². The Labute approximate surface area is 84.9 Å². The fourth-order valence-corrected chi connectivity index (χ4v) is 1.91. The Morgan fingerprint density at radius 3 is 2.93 bits per heavy atom. The lowest BCUT2D eigenvalue weighted by Crippen LogP contribution is -2.29. The summed E-state index contributed by atoms with van der Waals surface area (Å²) in [6.45, 7) is 1.12. The maximum atomic E-state index is 5.85. The summed E-state index contributed by atoms with van der Waals surface area (Å²) in [5.74, 6) is 0.868. The molecule has 1 aromatic rings. The van der Waals surface area contributed by atoms with Crippen LogP contribution in [-0.2, 0) is 0 Å². The van der Waals surface area contributed by atoms with E-state index in [1.807, 2.05) is 6.07 Å². The zero-order valence-corrected chi connectivity index (χ0v) is 8.61. The molecule has 76 valence electrons. The van der Waals surface area contributed by atoms with E-state index in [2.05, 4.69) is 16.9 Å². The van der Waals surface area contributed by atoms with E-state index in [-0.39, 0.29) is 0 Å². The fraction of sp³-hybridized carbons (Fsp3) is 0.545. The van der Waals surface area contributed by atoms with Crippen LogP contribution in [-0.4, -0.2) is 18.6 Å². The van der Waals surface area contributed by atoms with E-state index in [4.69, 9.17) is 5.73 Å². The van der Waals surface area contributed by atoms with Crippen molar-refractivity contribution in [1.29, 1.82) is 0 Å². The molecule has 1 saturated carbocycles. The first-order valence-corrected chi connectivity index (χ1v) is 5.18. The van der Waals surface area contributed by atoms with Crippen LogP contribution in [0.2, 0.25) is 0 Å². The third-order valence-corrected chi connectivity index (χ3v) is 3.00. The van der Waals surface area contributed by atoms with Gasteiger partial charge in [-0.25, -0.2) is 0 Å². The zero-order chi connectivity index (χ0) is 9.97. The third kappa shape index (κ3) is 1.81. The summed E-state index contributed by atoms with van der Waals surface area (Å²) in [6.07, 6.45) is 7.64. The lowest BCUT2D eigenvalue weighted by Gasteiger charge is -2.31. The molecule has 1 aliphatic carbocycles.